The zero-order valence-corrected chi connectivity index (χ0v) is 15.3. The third-order valence-corrected chi connectivity index (χ3v) is 5.86. The molecule has 0 aromatic rings. The van der Waals surface area contributed by atoms with Gasteiger partial charge >= 0.3 is 11.9 Å². The largest absolute Gasteiger partial charge is 0.458 e. The molecule has 0 spiro atoms. The van der Waals surface area contributed by atoms with E-state index in [1.54, 1.807) is 32.9 Å². The second-order valence-corrected chi connectivity index (χ2v) is 7.41. The minimum Gasteiger partial charge on any atom is -0.458 e. The maximum absolute atomic E-state index is 12.6. The molecule has 0 unspecified atom stereocenters. The molecule has 0 amide bonds. The van der Waals surface area contributed by atoms with Gasteiger partial charge in [0.2, 0.25) is 5.60 Å². The van der Waals surface area contributed by atoms with Crippen LogP contribution in [0.1, 0.15) is 47.5 Å². The number of hydrogen-bond acceptors (Lipinski definition) is 5. The highest BCUT2D eigenvalue weighted by atomic mass is 16.6. The van der Waals surface area contributed by atoms with Crippen molar-refractivity contribution < 1.29 is 23.9 Å². The minimum atomic E-state index is -1.33. The number of hydrogen-bond donors (Lipinski definition) is 0. The average molecular weight is 344 g/mol. The molecule has 2 aliphatic carbocycles. The molecule has 0 N–H and O–H groups in total. The molecule has 25 heavy (non-hydrogen) atoms. The fraction of sp³-hybridized carbons (Fsp3) is 0.550. The van der Waals surface area contributed by atoms with Crippen molar-refractivity contribution in [3.05, 3.63) is 34.4 Å². The number of carbonyl (C=O) groups is 3. The van der Waals surface area contributed by atoms with E-state index in [1.165, 1.54) is 0 Å². The molecule has 1 fully saturated rings. The van der Waals surface area contributed by atoms with Crippen molar-refractivity contribution in [3.8, 4) is 0 Å². The number of esters is 2. The number of carbonyl (C=O) groups excluding carboxylic acids is 3. The molecule has 134 valence electrons. The summed E-state index contributed by atoms with van der Waals surface area (Å²) >= 11 is 0. The number of ketones is 1. The lowest BCUT2D eigenvalue weighted by Crippen LogP contribution is -2.44. The van der Waals surface area contributed by atoms with Gasteiger partial charge in [0.1, 0.15) is 6.10 Å². The predicted molar refractivity (Wildman–Crippen MR) is 91.5 cm³/mol. The summed E-state index contributed by atoms with van der Waals surface area (Å²) in [6.45, 7) is 8.89. The normalized spacial score (nSPS) is 35.0. The first-order chi connectivity index (χ1) is 11.7. The van der Waals surface area contributed by atoms with Crippen molar-refractivity contribution in [2.24, 2.45) is 11.8 Å². The predicted octanol–water partition coefficient (Wildman–Crippen LogP) is 3.05. The van der Waals surface area contributed by atoms with Crippen LogP contribution in [0, 0.1) is 11.8 Å². The standard InChI is InChI=1S/C20H24O5/c1-6-10(2)18(22)25-20(5)13-8-7-11(3)15-14(21)9-12(4)16(15)17(13)24-19(20)23/h6,9,13,16-17H,7-8H2,1-5H3/b10-6+/t13-,16-,17-,20+/m1/s1. The fourth-order valence-electron chi connectivity index (χ4n) is 4.20. The molecule has 0 saturated carbocycles. The van der Waals surface area contributed by atoms with Crippen molar-refractivity contribution in [2.45, 2.75) is 59.2 Å². The van der Waals surface area contributed by atoms with Gasteiger partial charge in [0.25, 0.3) is 0 Å². The zero-order valence-electron chi connectivity index (χ0n) is 15.3. The molecule has 5 heteroatoms. The van der Waals surface area contributed by atoms with Crippen LogP contribution in [-0.2, 0) is 23.9 Å². The molecule has 4 atom stereocenters. The van der Waals surface area contributed by atoms with E-state index in [1.807, 2.05) is 13.8 Å². The van der Waals surface area contributed by atoms with E-state index in [9.17, 15) is 14.4 Å². The van der Waals surface area contributed by atoms with Gasteiger partial charge in [0.15, 0.2) is 5.78 Å². The highest BCUT2D eigenvalue weighted by Crippen LogP contribution is 2.50. The first-order valence-electron chi connectivity index (χ1n) is 8.70. The topological polar surface area (TPSA) is 69.7 Å². The van der Waals surface area contributed by atoms with Gasteiger partial charge in [-0.3, -0.25) is 4.79 Å². The van der Waals surface area contributed by atoms with E-state index in [0.717, 1.165) is 16.7 Å². The Morgan fingerprint density at radius 3 is 2.68 bits per heavy atom. The molecule has 0 radical (unpaired) electrons. The molecule has 3 aliphatic rings. The van der Waals surface area contributed by atoms with Crippen molar-refractivity contribution >= 4 is 17.7 Å². The van der Waals surface area contributed by atoms with Gasteiger partial charge in [-0.2, -0.15) is 0 Å². The Hall–Kier alpha value is -2.17. The Morgan fingerprint density at radius 1 is 1.36 bits per heavy atom. The van der Waals surface area contributed by atoms with E-state index in [-0.39, 0.29) is 17.6 Å². The average Bonchev–Trinajstić information content (AvgIpc) is 2.90. The van der Waals surface area contributed by atoms with Gasteiger partial charge in [0, 0.05) is 23.0 Å². The summed E-state index contributed by atoms with van der Waals surface area (Å²) in [5.41, 5.74) is 1.82. The molecule has 1 aliphatic heterocycles. The molecule has 1 saturated heterocycles. The van der Waals surface area contributed by atoms with Crippen LogP contribution in [0.2, 0.25) is 0 Å². The van der Waals surface area contributed by atoms with Crippen LogP contribution in [0.4, 0.5) is 0 Å². The lowest BCUT2D eigenvalue weighted by atomic mass is 9.78. The third kappa shape index (κ3) is 2.57. The third-order valence-electron chi connectivity index (χ3n) is 5.86. The number of rotatable bonds is 2. The quantitative estimate of drug-likeness (QED) is 0.569. The maximum Gasteiger partial charge on any atom is 0.351 e. The van der Waals surface area contributed by atoms with Gasteiger partial charge in [-0.1, -0.05) is 17.2 Å². The van der Waals surface area contributed by atoms with Crippen molar-refractivity contribution in [1.29, 1.82) is 0 Å². The van der Waals surface area contributed by atoms with Crippen LogP contribution in [0.5, 0.6) is 0 Å². The molecular formula is C20H24O5. The van der Waals surface area contributed by atoms with E-state index < -0.39 is 23.6 Å². The highest BCUT2D eigenvalue weighted by Gasteiger charge is 2.61. The van der Waals surface area contributed by atoms with E-state index in [0.29, 0.717) is 18.4 Å². The minimum absolute atomic E-state index is 0.00653. The highest BCUT2D eigenvalue weighted by molar-refractivity contribution is 6.09. The SMILES string of the molecule is C/C=C(\C)C(=O)O[C@]1(C)C(=O)O[C@H]2[C@@H]3C(C)=CC(=O)C3=C(C)CC[C@H]21. The second kappa shape index (κ2) is 5.97. The van der Waals surface area contributed by atoms with Crippen LogP contribution in [0.15, 0.2) is 34.4 Å². The second-order valence-electron chi connectivity index (χ2n) is 7.41. The lowest BCUT2D eigenvalue weighted by molar-refractivity contribution is -0.170. The van der Waals surface area contributed by atoms with E-state index in [4.69, 9.17) is 9.47 Å². The van der Waals surface area contributed by atoms with Crippen molar-refractivity contribution in [2.75, 3.05) is 0 Å². The van der Waals surface area contributed by atoms with Crippen LogP contribution in [0.3, 0.4) is 0 Å². The zero-order chi connectivity index (χ0) is 18.5. The van der Waals surface area contributed by atoms with Crippen LogP contribution in [0.25, 0.3) is 0 Å². The molecule has 3 rings (SSSR count). The maximum atomic E-state index is 12.6. The van der Waals surface area contributed by atoms with Gasteiger partial charge < -0.3 is 9.47 Å². The summed E-state index contributed by atoms with van der Waals surface area (Å²) in [7, 11) is 0. The summed E-state index contributed by atoms with van der Waals surface area (Å²) < 4.78 is 11.3. The van der Waals surface area contributed by atoms with E-state index in [2.05, 4.69) is 0 Å². The van der Waals surface area contributed by atoms with E-state index >= 15 is 0 Å². The number of fused-ring (bicyclic) bond motifs is 3. The fourth-order valence-corrected chi connectivity index (χ4v) is 4.20. The van der Waals surface area contributed by atoms with Gasteiger partial charge in [-0.05, 0) is 53.5 Å². The Labute approximate surface area is 147 Å². The molecule has 0 aromatic carbocycles. The summed E-state index contributed by atoms with van der Waals surface area (Å²) in [5.74, 6) is -1.53. The smallest absolute Gasteiger partial charge is 0.351 e. The Bertz CT molecular complexity index is 754. The van der Waals surface area contributed by atoms with Crippen molar-refractivity contribution in [1.82, 2.24) is 0 Å². The molecular weight excluding hydrogens is 320 g/mol. The van der Waals surface area contributed by atoms with Crippen molar-refractivity contribution in [3.63, 3.8) is 0 Å². The Balaban J connectivity index is 1.98. The van der Waals surface area contributed by atoms with Crippen LogP contribution in [-0.4, -0.2) is 29.4 Å². The Kier molecular flexibility index (Phi) is 4.21. The monoisotopic (exact) mass is 344 g/mol. The van der Waals surface area contributed by atoms with Gasteiger partial charge in [-0.25, -0.2) is 9.59 Å². The van der Waals surface area contributed by atoms with Gasteiger partial charge in [0.05, 0.1) is 0 Å². The molecule has 0 aromatic heterocycles. The van der Waals surface area contributed by atoms with Gasteiger partial charge in [-0.15, -0.1) is 0 Å². The summed E-state index contributed by atoms with van der Waals surface area (Å²) in [4.78, 5) is 37.3. The summed E-state index contributed by atoms with van der Waals surface area (Å²) in [6, 6.07) is 0. The number of ether oxygens (including phenoxy) is 2. The molecule has 1 heterocycles. The summed E-state index contributed by atoms with van der Waals surface area (Å²) in [5, 5.41) is 0. The first kappa shape index (κ1) is 17.6. The Morgan fingerprint density at radius 2 is 2.04 bits per heavy atom. The molecule has 0 bridgehead atoms. The number of allylic oxidation sites excluding steroid dienone is 3. The lowest BCUT2D eigenvalue weighted by Gasteiger charge is -2.30. The molecule has 5 nitrogen and oxygen atoms in total. The summed E-state index contributed by atoms with van der Waals surface area (Å²) in [6.07, 6.45) is 4.15. The van der Waals surface area contributed by atoms with Crippen LogP contribution < -0.4 is 0 Å². The first-order valence-corrected chi connectivity index (χ1v) is 8.70. The van der Waals surface area contributed by atoms with Crippen LogP contribution >= 0.6 is 0 Å².